The summed E-state index contributed by atoms with van der Waals surface area (Å²) in [5.74, 6) is 0. The Hall–Kier alpha value is -0.240. The van der Waals surface area contributed by atoms with Gasteiger partial charge in [-0.05, 0) is 0 Å². The molecule has 0 aromatic carbocycles. The number of nitrogens with zero attached hydrogens (tertiary/aromatic N) is 1. The first kappa shape index (κ1) is 12.4. The van der Waals surface area contributed by atoms with Gasteiger partial charge >= 0.3 is 22.4 Å². The second kappa shape index (κ2) is 8.76. The van der Waals surface area contributed by atoms with Crippen molar-refractivity contribution < 1.29 is 26.9 Å². The molecule has 0 saturated heterocycles. The van der Waals surface area contributed by atoms with Crippen LogP contribution in [-0.4, -0.2) is 0 Å². The molecular weight excluding hydrogens is 291 g/mol. The van der Waals surface area contributed by atoms with Crippen molar-refractivity contribution in [2.45, 2.75) is 6.92 Å². The van der Waals surface area contributed by atoms with E-state index < -0.39 is 0 Å². The van der Waals surface area contributed by atoms with Gasteiger partial charge in [0, 0.05) is 7.05 Å². The summed E-state index contributed by atoms with van der Waals surface area (Å²) in [6.45, 7) is 5.00. The monoisotopic (exact) mass is 303 g/mol. The Morgan fingerprint density at radius 3 is 1.60 bits per heavy atom. The van der Waals surface area contributed by atoms with Gasteiger partial charge in [-0.25, -0.2) is 0 Å². The SMILES string of the molecule is [CH2-]C.[CH2-][n+]1ccccc1.[Ta+2]. The van der Waals surface area contributed by atoms with Gasteiger partial charge in [0.05, 0.1) is 12.4 Å². The van der Waals surface area contributed by atoms with Gasteiger partial charge < -0.3 is 11.5 Å². The minimum Gasteiger partial charge on any atom is -0.346 e. The van der Waals surface area contributed by atoms with Crippen molar-refractivity contribution in [3.05, 3.63) is 44.6 Å². The summed E-state index contributed by atoms with van der Waals surface area (Å²) in [6.07, 6.45) is 3.78. The van der Waals surface area contributed by atoms with Crippen LogP contribution in [0, 0.1) is 14.0 Å². The molecule has 1 aromatic heterocycles. The van der Waals surface area contributed by atoms with Crippen molar-refractivity contribution in [2.24, 2.45) is 0 Å². The second-order valence-corrected chi connectivity index (χ2v) is 1.39. The molecular formula is C8H12NTa+. The normalized spacial score (nSPS) is 6.60. The van der Waals surface area contributed by atoms with Gasteiger partial charge in [-0.3, -0.25) is 0 Å². The molecule has 0 aliphatic heterocycles. The summed E-state index contributed by atoms with van der Waals surface area (Å²) in [6, 6.07) is 5.84. The molecule has 2 heteroatoms. The fourth-order valence-electron chi connectivity index (χ4n) is 0.434. The van der Waals surface area contributed by atoms with Gasteiger partial charge in [0.1, 0.15) is 0 Å². The molecule has 0 unspecified atom stereocenters. The van der Waals surface area contributed by atoms with Crippen molar-refractivity contribution in [3.8, 4) is 0 Å². The predicted molar refractivity (Wildman–Crippen MR) is 38.4 cm³/mol. The number of rotatable bonds is 0. The fraction of sp³-hybridized carbons (Fsp3) is 0.125. The minimum atomic E-state index is 0. The Labute approximate surface area is 78.6 Å². The zero-order valence-corrected chi connectivity index (χ0v) is 9.41. The summed E-state index contributed by atoms with van der Waals surface area (Å²) in [7, 11) is 3.64. The Bertz CT molecular complexity index is 139. The van der Waals surface area contributed by atoms with Gasteiger partial charge in [0.2, 0.25) is 0 Å². The van der Waals surface area contributed by atoms with Gasteiger partial charge in [0.15, 0.2) is 0 Å². The molecule has 0 bridgehead atoms. The summed E-state index contributed by atoms with van der Waals surface area (Å²) in [4.78, 5) is 0. The molecule has 0 aliphatic carbocycles. The van der Waals surface area contributed by atoms with Gasteiger partial charge in [-0.1, -0.05) is 18.2 Å². The van der Waals surface area contributed by atoms with E-state index in [1.165, 1.54) is 0 Å². The summed E-state index contributed by atoms with van der Waals surface area (Å²) in [5, 5.41) is 0. The van der Waals surface area contributed by atoms with Crippen LogP contribution in [0.4, 0.5) is 0 Å². The molecule has 0 N–H and O–H groups in total. The summed E-state index contributed by atoms with van der Waals surface area (Å²) >= 11 is 0. The van der Waals surface area contributed by atoms with E-state index in [0.29, 0.717) is 0 Å². The van der Waals surface area contributed by atoms with E-state index >= 15 is 0 Å². The topological polar surface area (TPSA) is 3.88 Å². The molecule has 1 radical (unpaired) electrons. The van der Waals surface area contributed by atoms with Crippen molar-refractivity contribution in [1.82, 2.24) is 0 Å². The molecule has 0 saturated carbocycles. The predicted octanol–water partition coefficient (Wildman–Crippen LogP) is 1.45. The maximum Gasteiger partial charge on any atom is 2.00 e. The smallest absolute Gasteiger partial charge is 0.346 e. The van der Waals surface area contributed by atoms with Crippen molar-refractivity contribution in [1.29, 1.82) is 0 Å². The van der Waals surface area contributed by atoms with Crippen LogP contribution in [0.1, 0.15) is 6.92 Å². The van der Waals surface area contributed by atoms with E-state index in [-0.39, 0.29) is 22.4 Å². The maximum atomic E-state index is 3.64. The molecule has 1 aromatic rings. The molecule has 0 aliphatic rings. The molecule has 1 nitrogen and oxygen atoms in total. The zero-order valence-electron chi connectivity index (χ0n) is 6.20. The third-order valence-electron chi connectivity index (χ3n) is 0.777. The number of hydrogen-bond acceptors (Lipinski definition) is 0. The van der Waals surface area contributed by atoms with Crippen LogP contribution in [0.2, 0.25) is 0 Å². The number of pyridine rings is 1. The quantitative estimate of drug-likeness (QED) is 0.504. The van der Waals surface area contributed by atoms with Crippen LogP contribution in [-0.2, 0) is 22.4 Å². The third-order valence-corrected chi connectivity index (χ3v) is 0.777. The average Bonchev–Trinajstić information content (AvgIpc) is 1.94. The van der Waals surface area contributed by atoms with E-state index in [9.17, 15) is 0 Å². The van der Waals surface area contributed by atoms with Crippen molar-refractivity contribution >= 4 is 0 Å². The molecule has 10 heavy (non-hydrogen) atoms. The molecule has 0 amide bonds. The Kier molecular flexibility index (Phi) is 10.9. The van der Waals surface area contributed by atoms with Gasteiger partial charge in [-0.2, -0.15) is 6.92 Å². The van der Waals surface area contributed by atoms with Crippen molar-refractivity contribution in [2.75, 3.05) is 0 Å². The molecule has 0 atom stereocenters. The van der Waals surface area contributed by atoms with E-state index in [1.807, 2.05) is 30.6 Å². The van der Waals surface area contributed by atoms with E-state index in [2.05, 4.69) is 14.0 Å². The number of hydrogen-bond donors (Lipinski definition) is 0. The number of aromatic nitrogens is 1. The standard InChI is InChI=1S/C6H7N.C2H5.Ta/c1-7-5-3-2-4-6-7;1-2;/h2-6H,1H2;1H2,2H3;/q;-1;+2. The van der Waals surface area contributed by atoms with Crippen molar-refractivity contribution in [3.63, 3.8) is 0 Å². The first-order chi connectivity index (χ1) is 4.39. The van der Waals surface area contributed by atoms with Crippen LogP contribution < -0.4 is 4.57 Å². The molecule has 0 spiro atoms. The van der Waals surface area contributed by atoms with Crippen LogP contribution in [0.15, 0.2) is 30.6 Å². The Morgan fingerprint density at radius 1 is 1.00 bits per heavy atom. The van der Waals surface area contributed by atoms with Crippen LogP contribution in [0.5, 0.6) is 0 Å². The Morgan fingerprint density at radius 2 is 1.40 bits per heavy atom. The summed E-state index contributed by atoms with van der Waals surface area (Å²) < 4.78 is 1.75. The largest absolute Gasteiger partial charge is 2.00 e. The van der Waals surface area contributed by atoms with Gasteiger partial charge in [-0.15, -0.1) is 0 Å². The van der Waals surface area contributed by atoms with E-state index in [0.717, 1.165) is 0 Å². The second-order valence-electron chi connectivity index (χ2n) is 1.39. The van der Waals surface area contributed by atoms with Gasteiger partial charge in [0.25, 0.3) is 0 Å². The fourth-order valence-corrected chi connectivity index (χ4v) is 0.434. The summed E-state index contributed by atoms with van der Waals surface area (Å²) in [5.41, 5.74) is 0. The first-order valence-electron chi connectivity index (χ1n) is 2.87. The van der Waals surface area contributed by atoms with E-state index in [1.54, 1.807) is 11.5 Å². The first-order valence-corrected chi connectivity index (χ1v) is 2.87. The van der Waals surface area contributed by atoms with Crippen LogP contribution >= 0.6 is 0 Å². The zero-order chi connectivity index (χ0) is 7.11. The van der Waals surface area contributed by atoms with Crippen LogP contribution in [0.3, 0.4) is 0 Å². The minimum absolute atomic E-state index is 0. The van der Waals surface area contributed by atoms with E-state index in [4.69, 9.17) is 0 Å². The molecule has 0 fully saturated rings. The van der Waals surface area contributed by atoms with Crippen LogP contribution in [0.25, 0.3) is 0 Å². The molecule has 1 rings (SSSR count). The maximum absolute atomic E-state index is 3.64. The third kappa shape index (κ3) is 5.89. The average molecular weight is 303 g/mol. The molecule has 1 heterocycles. The molecule has 53 valence electrons. The Balaban J connectivity index is 0.